The minimum Gasteiger partial charge on any atom is -0.327 e. The largest absolute Gasteiger partial charge is 0.327 e. The van der Waals surface area contributed by atoms with Gasteiger partial charge in [0, 0.05) is 7.05 Å². The van der Waals surface area contributed by atoms with Crippen LogP contribution in [0.4, 0.5) is 4.39 Å². The summed E-state index contributed by atoms with van der Waals surface area (Å²) in [6, 6.07) is 4.71. The Morgan fingerprint density at radius 3 is 2.81 bits per heavy atom. The third-order valence-corrected chi connectivity index (χ3v) is 3.91. The summed E-state index contributed by atoms with van der Waals surface area (Å²) < 4.78 is 17.7. The number of imidazole rings is 1. The number of rotatable bonds is 3. The van der Waals surface area contributed by atoms with Crippen molar-refractivity contribution in [3.8, 4) is 5.69 Å². The fourth-order valence-electron chi connectivity index (χ4n) is 2.72. The Bertz CT molecular complexity index is 872. The van der Waals surface area contributed by atoms with E-state index in [2.05, 4.69) is 17.0 Å². The molecule has 3 aromatic rings. The lowest BCUT2D eigenvalue weighted by Gasteiger charge is -2.08. The Morgan fingerprint density at radius 2 is 2.14 bits per heavy atom. The Morgan fingerprint density at radius 1 is 1.38 bits per heavy atom. The molecule has 4 nitrogen and oxygen atoms in total. The summed E-state index contributed by atoms with van der Waals surface area (Å²) in [5.41, 5.74) is 4.61. The lowest BCUT2D eigenvalue weighted by molar-refractivity contribution is 0.626. The van der Waals surface area contributed by atoms with Gasteiger partial charge in [-0.2, -0.15) is 5.10 Å². The third kappa shape index (κ3) is 2.19. The smallest absolute Gasteiger partial charge is 0.184 e. The number of aryl methyl sites for hydroxylation is 3. The number of nitrogens with one attached hydrogen (secondary N) is 1. The molecule has 0 aliphatic carbocycles. The van der Waals surface area contributed by atoms with Crippen LogP contribution in [0.25, 0.3) is 16.9 Å². The highest BCUT2D eigenvalue weighted by Crippen LogP contribution is 2.25. The van der Waals surface area contributed by atoms with E-state index in [9.17, 15) is 4.39 Å². The van der Waals surface area contributed by atoms with Crippen LogP contribution >= 0.6 is 12.2 Å². The van der Waals surface area contributed by atoms with E-state index in [0.717, 1.165) is 41.0 Å². The van der Waals surface area contributed by atoms with Gasteiger partial charge in [0.15, 0.2) is 10.4 Å². The molecule has 0 radical (unpaired) electrons. The molecule has 1 N–H and O–H groups in total. The summed E-state index contributed by atoms with van der Waals surface area (Å²) in [7, 11) is 1.90. The highest BCUT2D eigenvalue weighted by molar-refractivity contribution is 7.71. The van der Waals surface area contributed by atoms with Crippen LogP contribution in [0.15, 0.2) is 18.2 Å². The number of hydrogen-bond donors (Lipinski definition) is 1. The lowest BCUT2D eigenvalue weighted by atomic mass is 10.2. The molecule has 6 heteroatoms. The maximum Gasteiger partial charge on any atom is 0.184 e. The number of H-pyrrole nitrogens is 1. The molecule has 2 aromatic heterocycles. The second kappa shape index (κ2) is 5.11. The SMILES string of the molecule is CCCc1nn(C)c2c1[nH]c(=S)n2-c1ccc(F)cc1C. The van der Waals surface area contributed by atoms with Crippen molar-refractivity contribution >= 4 is 23.4 Å². The van der Waals surface area contributed by atoms with Crippen LogP contribution in [0.3, 0.4) is 0 Å². The van der Waals surface area contributed by atoms with Gasteiger partial charge in [-0.15, -0.1) is 0 Å². The highest BCUT2D eigenvalue weighted by Gasteiger charge is 2.17. The van der Waals surface area contributed by atoms with E-state index >= 15 is 0 Å². The molecule has 21 heavy (non-hydrogen) atoms. The molecule has 0 aliphatic heterocycles. The van der Waals surface area contributed by atoms with Gasteiger partial charge < -0.3 is 4.98 Å². The molecule has 1 aromatic carbocycles. The molecular weight excluding hydrogens is 287 g/mol. The average Bonchev–Trinajstić information content (AvgIpc) is 2.89. The van der Waals surface area contributed by atoms with Gasteiger partial charge in [0.25, 0.3) is 0 Å². The topological polar surface area (TPSA) is 38.5 Å². The molecule has 0 saturated heterocycles. The minimum atomic E-state index is -0.244. The number of aromatic amines is 1. The van der Waals surface area contributed by atoms with Crippen LogP contribution in [-0.4, -0.2) is 19.3 Å². The number of halogens is 1. The molecule has 3 rings (SSSR count). The number of benzene rings is 1. The van der Waals surface area contributed by atoms with E-state index in [1.165, 1.54) is 12.1 Å². The molecule has 110 valence electrons. The Labute approximate surface area is 127 Å². The first kappa shape index (κ1) is 14.0. The number of aromatic nitrogens is 4. The fourth-order valence-corrected chi connectivity index (χ4v) is 3.00. The van der Waals surface area contributed by atoms with Crippen molar-refractivity contribution in [2.24, 2.45) is 7.05 Å². The standard InChI is InChI=1S/C15H17FN4S/c1-4-5-11-13-14(19(3)18-11)20(15(21)17-13)12-7-6-10(16)8-9(12)2/h6-8H,4-5H2,1-3H3,(H,17,21). The lowest BCUT2D eigenvalue weighted by Crippen LogP contribution is -2.03. The molecule has 0 fully saturated rings. The van der Waals surface area contributed by atoms with Crippen molar-refractivity contribution in [2.75, 3.05) is 0 Å². The fraction of sp³-hybridized carbons (Fsp3) is 0.333. The normalized spacial score (nSPS) is 11.4. The monoisotopic (exact) mass is 304 g/mol. The predicted octanol–water partition coefficient (Wildman–Crippen LogP) is 3.82. The number of nitrogens with zero attached hydrogens (tertiary/aromatic N) is 3. The Kier molecular flexibility index (Phi) is 3.41. The molecule has 0 aliphatic rings. The van der Waals surface area contributed by atoms with Gasteiger partial charge in [0.1, 0.15) is 11.3 Å². The zero-order valence-corrected chi connectivity index (χ0v) is 13.1. The van der Waals surface area contributed by atoms with Gasteiger partial charge in [-0.3, -0.25) is 4.57 Å². The highest BCUT2D eigenvalue weighted by atomic mass is 32.1. The van der Waals surface area contributed by atoms with E-state index in [0.29, 0.717) is 4.77 Å². The summed E-state index contributed by atoms with van der Waals surface area (Å²) in [5, 5.41) is 4.56. The van der Waals surface area contributed by atoms with E-state index < -0.39 is 0 Å². The van der Waals surface area contributed by atoms with Crippen LogP contribution in [0.5, 0.6) is 0 Å². The third-order valence-electron chi connectivity index (χ3n) is 3.62. The maximum absolute atomic E-state index is 13.3. The van der Waals surface area contributed by atoms with Crippen molar-refractivity contribution < 1.29 is 4.39 Å². The first-order chi connectivity index (χ1) is 10.0. The zero-order valence-electron chi connectivity index (χ0n) is 12.3. The summed E-state index contributed by atoms with van der Waals surface area (Å²) in [4.78, 5) is 3.24. The number of hydrogen-bond acceptors (Lipinski definition) is 2. The molecule has 0 saturated carbocycles. The van der Waals surface area contributed by atoms with Crippen LogP contribution in [0.2, 0.25) is 0 Å². The summed E-state index contributed by atoms with van der Waals surface area (Å²) in [5.74, 6) is -0.244. The van der Waals surface area contributed by atoms with Gasteiger partial charge >= 0.3 is 0 Å². The van der Waals surface area contributed by atoms with Crippen LogP contribution in [-0.2, 0) is 13.5 Å². The molecule has 0 amide bonds. The van der Waals surface area contributed by atoms with E-state index in [1.807, 2.05) is 23.2 Å². The van der Waals surface area contributed by atoms with Crippen molar-refractivity contribution in [1.29, 1.82) is 0 Å². The van der Waals surface area contributed by atoms with Gasteiger partial charge in [0.05, 0.1) is 11.4 Å². The second-order valence-electron chi connectivity index (χ2n) is 5.22. The molecule has 0 atom stereocenters. The van der Waals surface area contributed by atoms with Crippen LogP contribution in [0, 0.1) is 17.5 Å². The summed E-state index contributed by atoms with van der Waals surface area (Å²) in [6.45, 7) is 4.00. The van der Waals surface area contributed by atoms with Crippen LogP contribution < -0.4 is 0 Å². The molecule has 2 heterocycles. The van der Waals surface area contributed by atoms with Gasteiger partial charge in [0.2, 0.25) is 0 Å². The molecule has 0 bridgehead atoms. The van der Waals surface area contributed by atoms with Gasteiger partial charge in [-0.25, -0.2) is 9.07 Å². The maximum atomic E-state index is 13.3. The summed E-state index contributed by atoms with van der Waals surface area (Å²) in [6.07, 6.45) is 1.92. The van der Waals surface area contributed by atoms with E-state index in [4.69, 9.17) is 12.2 Å². The minimum absolute atomic E-state index is 0.244. The Balaban J connectivity index is 2.32. The van der Waals surface area contributed by atoms with Crippen molar-refractivity contribution in [1.82, 2.24) is 19.3 Å². The van der Waals surface area contributed by atoms with Gasteiger partial charge in [-0.1, -0.05) is 13.3 Å². The van der Waals surface area contributed by atoms with Crippen molar-refractivity contribution in [2.45, 2.75) is 26.7 Å². The van der Waals surface area contributed by atoms with E-state index in [-0.39, 0.29) is 5.82 Å². The average molecular weight is 304 g/mol. The quantitative estimate of drug-likeness (QED) is 0.747. The number of fused-ring (bicyclic) bond motifs is 1. The second-order valence-corrected chi connectivity index (χ2v) is 5.60. The van der Waals surface area contributed by atoms with Crippen LogP contribution in [0.1, 0.15) is 24.6 Å². The first-order valence-corrected chi connectivity index (χ1v) is 7.37. The van der Waals surface area contributed by atoms with Crippen molar-refractivity contribution in [3.63, 3.8) is 0 Å². The van der Waals surface area contributed by atoms with Crippen molar-refractivity contribution in [3.05, 3.63) is 40.0 Å². The zero-order chi connectivity index (χ0) is 15.1. The summed E-state index contributed by atoms with van der Waals surface area (Å²) >= 11 is 5.46. The molecular formula is C15H17FN4S. The molecule has 0 unspecified atom stereocenters. The van der Waals surface area contributed by atoms with Gasteiger partial charge in [-0.05, 0) is 49.3 Å². The van der Waals surface area contributed by atoms with E-state index in [1.54, 1.807) is 6.07 Å². The Hall–Kier alpha value is -1.95. The molecule has 0 spiro atoms. The predicted molar refractivity (Wildman–Crippen MR) is 83.9 cm³/mol. The first-order valence-electron chi connectivity index (χ1n) is 6.96.